The Balaban J connectivity index is 1.65. The van der Waals surface area contributed by atoms with Crippen LogP contribution in [0, 0.1) is 6.92 Å². The van der Waals surface area contributed by atoms with Crippen molar-refractivity contribution in [1.82, 2.24) is 0 Å². The molecule has 1 amide bonds. The van der Waals surface area contributed by atoms with Crippen LogP contribution in [-0.2, 0) is 11.3 Å². The monoisotopic (exact) mass is 407 g/mol. The van der Waals surface area contributed by atoms with Crippen LogP contribution in [0.15, 0.2) is 53.1 Å². The number of amides is 1. The molecule has 0 bridgehead atoms. The van der Waals surface area contributed by atoms with Crippen LogP contribution in [0.3, 0.4) is 0 Å². The third kappa shape index (κ3) is 4.74. The van der Waals surface area contributed by atoms with Crippen molar-refractivity contribution >= 4 is 28.2 Å². The lowest BCUT2D eigenvalue weighted by atomic mass is 10.2. The lowest BCUT2D eigenvalue weighted by molar-refractivity contribution is -0.0510. The fourth-order valence-electron chi connectivity index (χ4n) is 2.37. The first-order chi connectivity index (χ1) is 13.4. The van der Waals surface area contributed by atoms with Gasteiger partial charge in [-0.3, -0.25) is 4.79 Å². The molecule has 28 heavy (non-hydrogen) atoms. The molecule has 0 aliphatic heterocycles. The van der Waals surface area contributed by atoms with Crippen LogP contribution in [-0.4, -0.2) is 18.5 Å². The van der Waals surface area contributed by atoms with Gasteiger partial charge in [0.25, 0.3) is 5.91 Å². The minimum atomic E-state index is -2.98. The predicted octanol–water partition coefficient (Wildman–Crippen LogP) is 4.86. The lowest BCUT2D eigenvalue weighted by Crippen LogP contribution is -2.09. The van der Waals surface area contributed by atoms with Gasteiger partial charge in [0.15, 0.2) is 5.76 Å². The highest BCUT2D eigenvalue weighted by Gasteiger charge is 2.18. The topological polar surface area (TPSA) is 77.8 Å². The zero-order valence-electron chi connectivity index (χ0n) is 14.6. The first-order valence-electron chi connectivity index (χ1n) is 8.09. The van der Waals surface area contributed by atoms with Crippen molar-refractivity contribution in [3.63, 3.8) is 0 Å². The molecule has 3 aromatic rings. The van der Waals surface area contributed by atoms with E-state index >= 15 is 0 Å². The molecular formula is C19H15F2NO5S. The summed E-state index contributed by atoms with van der Waals surface area (Å²) in [6.07, 6.45) is 1.38. The first kappa shape index (κ1) is 19.6. The van der Waals surface area contributed by atoms with Crippen molar-refractivity contribution in [3.05, 3.63) is 70.5 Å². The number of rotatable bonds is 7. The highest BCUT2D eigenvalue weighted by Crippen LogP contribution is 2.29. The van der Waals surface area contributed by atoms with Gasteiger partial charge in [0.2, 0.25) is 0 Å². The second kappa shape index (κ2) is 8.66. The highest BCUT2D eigenvalue weighted by atomic mass is 32.1. The number of carbonyl (C=O) groups is 2. The summed E-state index contributed by atoms with van der Waals surface area (Å²) in [5.74, 6) is -0.984. The largest absolute Gasteiger partial charge is 0.459 e. The van der Waals surface area contributed by atoms with Crippen LogP contribution in [0.4, 0.5) is 13.8 Å². The molecule has 2 heterocycles. The second-order valence-electron chi connectivity index (χ2n) is 5.62. The maximum absolute atomic E-state index is 12.5. The summed E-state index contributed by atoms with van der Waals surface area (Å²) in [4.78, 5) is 24.7. The van der Waals surface area contributed by atoms with E-state index in [-0.39, 0.29) is 18.1 Å². The first-order valence-corrected chi connectivity index (χ1v) is 8.91. The number of hydrogen-bond acceptors (Lipinski definition) is 6. The van der Waals surface area contributed by atoms with Gasteiger partial charge in [-0.2, -0.15) is 8.78 Å². The number of carbonyl (C=O) groups excluding carboxylic acids is 2. The van der Waals surface area contributed by atoms with Gasteiger partial charge in [-0.15, -0.1) is 11.3 Å². The van der Waals surface area contributed by atoms with Gasteiger partial charge in [-0.25, -0.2) is 4.79 Å². The fraction of sp³-hybridized carbons (Fsp3) is 0.158. The predicted molar refractivity (Wildman–Crippen MR) is 97.9 cm³/mol. The molecule has 0 radical (unpaired) electrons. The Labute approximate surface area is 162 Å². The lowest BCUT2D eigenvalue weighted by Gasteiger charge is -2.10. The summed E-state index contributed by atoms with van der Waals surface area (Å²) >= 11 is 1.04. The molecule has 0 saturated carbocycles. The van der Waals surface area contributed by atoms with Gasteiger partial charge in [0, 0.05) is 5.56 Å². The van der Waals surface area contributed by atoms with Crippen molar-refractivity contribution < 1.29 is 32.3 Å². The number of esters is 1. The average molecular weight is 407 g/mol. The Bertz CT molecular complexity index is 969. The van der Waals surface area contributed by atoms with E-state index in [1.54, 1.807) is 31.2 Å². The number of hydrogen-bond donors (Lipinski definition) is 1. The van der Waals surface area contributed by atoms with Crippen LogP contribution in [0.1, 0.15) is 31.4 Å². The average Bonchev–Trinajstić information content (AvgIpc) is 3.30. The third-order valence-electron chi connectivity index (χ3n) is 3.63. The van der Waals surface area contributed by atoms with E-state index in [9.17, 15) is 18.4 Å². The maximum atomic E-state index is 12.5. The molecule has 1 N–H and O–H groups in total. The van der Waals surface area contributed by atoms with E-state index in [0.29, 0.717) is 21.0 Å². The molecular weight excluding hydrogens is 392 g/mol. The van der Waals surface area contributed by atoms with Crippen molar-refractivity contribution in [1.29, 1.82) is 0 Å². The molecule has 2 aromatic heterocycles. The van der Waals surface area contributed by atoms with Crippen molar-refractivity contribution in [3.8, 4) is 5.75 Å². The smallest absolute Gasteiger partial charge is 0.387 e. The minimum Gasteiger partial charge on any atom is -0.459 e. The molecule has 146 valence electrons. The maximum Gasteiger partial charge on any atom is 0.387 e. The quantitative estimate of drug-likeness (QED) is 0.566. The number of nitrogens with one attached hydrogen (secondary N) is 1. The fourth-order valence-corrected chi connectivity index (χ4v) is 3.33. The third-order valence-corrected chi connectivity index (χ3v) is 4.76. The normalized spacial score (nSPS) is 10.7. The molecule has 0 spiro atoms. The number of anilines is 1. The number of ether oxygens (including phenoxy) is 2. The van der Waals surface area contributed by atoms with Crippen LogP contribution in [0.5, 0.6) is 5.75 Å². The molecule has 0 fully saturated rings. The van der Waals surface area contributed by atoms with Gasteiger partial charge in [0.1, 0.15) is 17.2 Å². The Morgan fingerprint density at radius 2 is 2.00 bits per heavy atom. The zero-order chi connectivity index (χ0) is 20.1. The van der Waals surface area contributed by atoms with E-state index < -0.39 is 18.5 Å². The van der Waals surface area contributed by atoms with Gasteiger partial charge in [0.05, 0.1) is 11.3 Å². The standard InChI is InChI=1S/C19H15F2NO5S/c1-11-9-15(22-17(23)14-7-4-8-25-14)28-16(11)18(24)26-10-12-5-2-3-6-13(12)27-19(20)21/h2-9,19H,10H2,1H3,(H,22,23). The molecule has 1 aromatic carbocycles. The van der Waals surface area contributed by atoms with Gasteiger partial charge >= 0.3 is 12.6 Å². The van der Waals surface area contributed by atoms with Crippen LogP contribution in [0.2, 0.25) is 0 Å². The van der Waals surface area contributed by atoms with E-state index in [1.807, 2.05) is 0 Å². The molecule has 0 atom stereocenters. The van der Waals surface area contributed by atoms with E-state index in [2.05, 4.69) is 10.1 Å². The Kier molecular flexibility index (Phi) is 6.05. The highest BCUT2D eigenvalue weighted by molar-refractivity contribution is 7.18. The van der Waals surface area contributed by atoms with Crippen molar-refractivity contribution in [2.45, 2.75) is 20.1 Å². The summed E-state index contributed by atoms with van der Waals surface area (Å²) in [7, 11) is 0. The minimum absolute atomic E-state index is 0.0559. The zero-order valence-corrected chi connectivity index (χ0v) is 15.4. The summed E-state index contributed by atoms with van der Waals surface area (Å²) in [6.45, 7) is -1.51. The molecule has 0 saturated heterocycles. The number of aryl methyl sites for hydroxylation is 1. The Morgan fingerprint density at radius 1 is 1.21 bits per heavy atom. The van der Waals surface area contributed by atoms with Gasteiger partial charge in [-0.1, -0.05) is 18.2 Å². The van der Waals surface area contributed by atoms with Crippen LogP contribution >= 0.6 is 11.3 Å². The number of furan rings is 1. The SMILES string of the molecule is Cc1cc(NC(=O)c2ccco2)sc1C(=O)OCc1ccccc1OC(F)F. The number of alkyl halides is 2. The van der Waals surface area contributed by atoms with Crippen molar-refractivity contribution in [2.75, 3.05) is 5.32 Å². The number of thiophene rings is 1. The molecule has 9 heteroatoms. The summed E-state index contributed by atoms with van der Waals surface area (Å²) < 4.78 is 39.6. The van der Waals surface area contributed by atoms with Crippen molar-refractivity contribution in [2.24, 2.45) is 0 Å². The number of para-hydroxylation sites is 1. The summed E-state index contributed by atoms with van der Waals surface area (Å²) in [5.41, 5.74) is 0.929. The van der Waals surface area contributed by atoms with Crippen LogP contribution in [0.25, 0.3) is 0 Å². The van der Waals surface area contributed by atoms with Gasteiger partial charge < -0.3 is 19.2 Å². The Hall–Kier alpha value is -3.20. The molecule has 0 aliphatic rings. The number of halogens is 2. The van der Waals surface area contributed by atoms with Crippen LogP contribution < -0.4 is 10.1 Å². The summed E-state index contributed by atoms with van der Waals surface area (Å²) in [6, 6.07) is 10.8. The Morgan fingerprint density at radius 3 is 2.71 bits per heavy atom. The van der Waals surface area contributed by atoms with E-state index in [0.717, 1.165) is 11.3 Å². The molecule has 6 nitrogen and oxygen atoms in total. The molecule has 3 rings (SSSR count). The van der Waals surface area contributed by atoms with E-state index in [4.69, 9.17) is 9.15 Å². The second-order valence-corrected chi connectivity index (χ2v) is 6.67. The van der Waals surface area contributed by atoms with Gasteiger partial charge in [-0.05, 0) is 36.8 Å². The molecule has 0 unspecified atom stereocenters. The number of benzene rings is 1. The van der Waals surface area contributed by atoms with E-state index in [1.165, 1.54) is 24.5 Å². The molecule has 0 aliphatic carbocycles. The summed E-state index contributed by atoms with van der Waals surface area (Å²) in [5, 5.41) is 3.09.